The molecule has 0 aliphatic rings. The molecule has 1 amide bonds. The van der Waals surface area contributed by atoms with Crippen molar-refractivity contribution in [1.82, 2.24) is 19.6 Å². The number of hydrogen-bond donors (Lipinski definition) is 1. The number of nitro groups is 1. The average Bonchev–Trinajstić information content (AvgIpc) is 2.98. The fourth-order valence-electron chi connectivity index (χ4n) is 1.52. The van der Waals surface area contributed by atoms with Crippen LogP contribution in [0.15, 0.2) is 18.5 Å². The Hall–Kier alpha value is -3.22. The molecule has 0 fully saturated rings. The van der Waals surface area contributed by atoms with E-state index in [1.165, 1.54) is 23.1 Å². The molecule has 0 saturated heterocycles. The first kappa shape index (κ1) is 13.2. The molecule has 10 heteroatoms. The lowest BCUT2D eigenvalue weighted by Crippen LogP contribution is -2.21. The van der Waals surface area contributed by atoms with Crippen molar-refractivity contribution in [3.8, 4) is 6.07 Å². The Bertz CT molecular complexity index is 709. The minimum atomic E-state index is -0.649. The van der Waals surface area contributed by atoms with Gasteiger partial charge in [-0.05, 0) is 4.92 Å². The molecule has 0 atom stereocenters. The van der Waals surface area contributed by atoms with E-state index in [4.69, 9.17) is 5.26 Å². The highest BCUT2D eigenvalue weighted by atomic mass is 16.6. The van der Waals surface area contributed by atoms with Gasteiger partial charge >= 0.3 is 5.82 Å². The molecule has 0 spiro atoms. The van der Waals surface area contributed by atoms with Crippen LogP contribution in [-0.4, -0.2) is 30.4 Å². The maximum Gasteiger partial charge on any atom is 0.389 e. The minimum absolute atomic E-state index is 0.204. The van der Waals surface area contributed by atoms with Crippen LogP contribution in [0, 0.1) is 21.4 Å². The van der Waals surface area contributed by atoms with E-state index in [1.54, 1.807) is 7.05 Å². The Morgan fingerprint density at radius 3 is 3.00 bits per heavy atom. The lowest BCUT2D eigenvalue weighted by atomic mass is 10.3. The molecule has 0 aliphatic heterocycles. The normalized spacial score (nSPS) is 10.0. The summed E-state index contributed by atoms with van der Waals surface area (Å²) in [6.07, 6.45) is 2.65. The molecular weight excluding hydrogens is 266 g/mol. The first-order valence-electron chi connectivity index (χ1n) is 5.41. The number of anilines is 1. The van der Waals surface area contributed by atoms with E-state index in [1.807, 2.05) is 6.07 Å². The number of carbonyl (C=O) groups is 1. The first-order chi connectivity index (χ1) is 9.51. The van der Waals surface area contributed by atoms with E-state index in [-0.39, 0.29) is 23.7 Å². The van der Waals surface area contributed by atoms with E-state index in [0.29, 0.717) is 0 Å². The maximum absolute atomic E-state index is 11.8. The summed E-state index contributed by atoms with van der Waals surface area (Å²) in [5.41, 5.74) is 0.229. The van der Waals surface area contributed by atoms with Gasteiger partial charge in [-0.3, -0.25) is 9.48 Å². The van der Waals surface area contributed by atoms with Crippen LogP contribution >= 0.6 is 0 Å². The number of amides is 1. The highest BCUT2D eigenvalue weighted by Gasteiger charge is 2.16. The monoisotopic (exact) mass is 275 g/mol. The summed E-state index contributed by atoms with van der Waals surface area (Å²) in [4.78, 5) is 21.6. The molecule has 0 bridgehead atoms. The van der Waals surface area contributed by atoms with E-state index < -0.39 is 10.8 Å². The summed E-state index contributed by atoms with van der Waals surface area (Å²) >= 11 is 0. The fourth-order valence-corrected chi connectivity index (χ4v) is 1.52. The molecule has 0 radical (unpaired) electrons. The lowest BCUT2D eigenvalue weighted by molar-refractivity contribution is -0.389. The van der Waals surface area contributed by atoms with E-state index in [0.717, 1.165) is 4.68 Å². The zero-order chi connectivity index (χ0) is 14.7. The van der Waals surface area contributed by atoms with E-state index >= 15 is 0 Å². The fraction of sp³-hybridized carbons (Fsp3) is 0.200. The molecule has 2 aromatic rings. The van der Waals surface area contributed by atoms with Crippen molar-refractivity contribution in [2.75, 3.05) is 5.32 Å². The molecule has 0 saturated carbocycles. The van der Waals surface area contributed by atoms with Crippen molar-refractivity contribution < 1.29 is 9.72 Å². The van der Waals surface area contributed by atoms with Crippen LogP contribution in [0.1, 0.15) is 5.56 Å². The van der Waals surface area contributed by atoms with Gasteiger partial charge in [-0.25, -0.2) is 0 Å². The number of aryl methyl sites for hydroxylation is 1. The van der Waals surface area contributed by atoms with Gasteiger partial charge in [0.05, 0.1) is 23.6 Å². The van der Waals surface area contributed by atoms with Gasteiger partial charge in [0.15, 0.2) is 0 Å². The largest absolute Gasteiger partial charge is 0.389 e. The predicted molar refractivity (Wildman–Crippen MR) is 65.4 cm³/mol. The first-order valence-corrected chi connectivity index (χ1v) is 5.41. The molecule has 20 heavy (non-hydrogen) atoms. The Kier molecular flexibility index (Phi) is 3.43. The highest BCUT2D eigenvalue weighted by Crippen LogP contribution is 2.12. The predicted octanol–water partition coefficient (Wildman–Crippen LogP) is 0.0352. The maximum atomic E-state index is 11.8. The summed E-state index contributed by atoms with van der Waals surface area (Å²) in [5.74, 6) is -0.543. The van der Waals surface area contributed by atoms with Crippen molar-refractivity contribution in [2.45, 2.75) is 6.54 Å². The number of nitriles is 1. The molecule has 0 aliphatic carbocycles. The third kappa shape index (κ3) is 2.61. The van der Waals surface area contributed by atoms with Crippen molar-refractivity contribution in [2.24, 2.45) is 7.05 Å². The summed E-state index contributed by atoms with van der Waals surface area (Å²) in [6.45, 7) is -0.204. The van der Waals surface area contributed by atoms with E-state index in [9.17, 15) is 14.9 Å². The van der Waals surface area contributed by atoms with E-state index in [2.05, 4.69) is 15.5 Å². The number of carbonyl (C=O) groups excluding carboxylic acids is 1. The lowest BCUT2D eigenvalue weighted by Gasteiger charge is -2.04. The Morgan fingerprint density at radius 2 is 2.40 bits per heavy atom. The van der Waals surface area contributed by atoms with Gasteiger partial charge in [-0.15, -0.1) is 0 Å². The van der Waals surface area contributed by atoms with Crippen LogP contribution in [0.3, 0.4) is 0 Å². The summed E-state index contributed by atoms with van der Waals surface area (Å²) < 4.78 is 2.48. The van der Waals surface area contributed by atoms with Gasteiger partial charge < -0.3 is 15.4 Å². The second-order valence-corrected chi connectivity index (χ2v) is 3.82. The molecule has 1 N–H and O–H groups in total. The Balaban J connectivity index is 2.07. The number of hydrogen-bond acceptors (Lipinski definition) is 6. The Morgan fingerprint density at radius 1 is 1.65 bits per heavy atom. The summed E-state index contributed by atoms with van der Waals surface area (Å²) in [7, 11) is 1.58. The molecule has 10 nitrogen and oxygen atoms in total. The average molecular weight is 275 g/mol. The Labute approximate surface area is 112 Å². The topological polar surface area (TPSA) is 132 Å². The third-order valence-electron chi connectivity index (χ3n) is 2.44. The van der Waals surface area contributed by atoms with Gasteiger partial charge in [0.2, 0.25) is 5.91 Å². The van der Waals surface area contributed by atoms with Gasteiger partial charge in [0, 0.05) is 7.05 Å². The van der Waals surface area contributed by atoms with Crippen LogP contribution in [0.2, 0.25) is 0 Å². The summed E-state index contributed by atoms with van der Waals surface area (Å²) in [5, 5.41) is 29.3. The van der Waals surface area contributed by atoms with Gasteiger partial charge in [-0.2, -0.15) is 15.0 Å². The van der Waals surface area contributed by atoms with Crippen LogP contribution in [-0.2, 0) is 18.4 Å². The molecular formula is C10H9N7O3. The third-order valence-corrected chi connectivity index (χ3v) is 2.44. The minimum Gasteiger partial charge on any atom is -0.358 e. The van der Waals surface area contributed by atoms with Crippen LogP contribution < -0.4 is 5.32 Å². The summed E-state index contributed by atoms with van der Waals surface area (Å²) in [6, 6.07) is 3.09. The zero-order valence-corrected chi connectivity index (χ0v) is 10.3. The van der Waals surface area contributed by atoms with Gasteiger partial charge in [0.25, 0.3) is 0 Å². The van der Waals surface area contributed by atoms with Crippen LogP contribution in [0.5, 0.6) is 0 Å². The zero-order valence-electron chi connectivity index (χ0n) is 10.3. The molecule has 0 unspecified atom stereocenters. The molecule has 2 aromatic heterocycles. The second kappa shape index (κ2) is 5.19. The number of aromatic nitrogens is 4. The highest BCUT2D eigenvalue weighted by molar-refractivity contribution is 5.90. The number of nitrogens with zero attached hydrogens (tertiary/aromatic N) is 6. The molecule has 2 rings (SSSR count). The quantitative estimate of drug-likeness (QED) is 0.618. The second-order valence-electron chi connectivity index (χ2n) is 3.82. The van der Waals surface area contributed by atoms with Gasteiger partial charge in [0.1, 0.15) is 24.0 Å². The van der Waals surface area contributed by atoms with Crippen molar-refractivity contribution in [1.29, 1.82) is 5.26 Å². The molecule has 102 valence electrons. The SMILES string of the molecule is Cn1ncc(C#N)c1NC(=O)Cn1ccc([N+](=O)[O-])n1. The smallest absolute Gasteiger partial charge is 0.358 e. The van der Waals surface area contributed by atoms with Gasteiger partial charge in [-0.1, -0.05) is 0 Å². The molecule has 2 heterocycles. The van der Waals surface area contributed by atoms with Crippen LogP contribution in [0.25, 0.3) is 0 Å². The standard InChI is InChI=1S/C10H9N7O3/c1-15-10(7(4-11)5-12-15)13-9(18)6-16-3-2-8(14-16)17(19)20/h2-3,5H,6H2,1H3,(H,13,18). The molecule has 0 aromatic carbocycles. The number of rotatable bonds is 4. The van der Waals surface area contributed by atoms with Crippen molar-refractivity contribution in [3.05, 3.63) is 34.1 Å². The van der Waals surface area contributed by atoms with Crippen LogP contribution in [0.4, 0.5) is 11.6 Å². The number of nitrogens with one attached hydrogen (secondary N) is 1. The van der Waals surface area contributed by atoms with Crippen molar-refractivity contribution >= 4 is 17.5 Å². The van der Waals surface area contributed by atoms with Crippen molar-refractivity contribution in [3.63, 3.8) is 0 Å².